The monoisotopic (exact) mass is 194 g/mol. The fraction of sp³-hybridized carbons (Fsp3) is 0.600. The van der Waals surface area contributed by atoms with Crippen LogP contribution in [0.15, 0.2) is 12.4 Å². The SMILES string of the molecule is CCCn1cc(C2CC2C(=O)O)cn1. The van der Waals surface area contributed by atoms with Crippen LogP contribution in [0.2, 0.25) is 0 Å². The second-order valence-corrected chi connectivity index (χ2v) is 3.82. The Labute approximate surface area is 82.5 Å². The standard InChI is InChI=1S/C10H14N2O2/c1-2-3-12-6-7(5-11-12)8-4-9(8)10(13)14/h5-6,8-9H,2-4H2,1H3,(H,13,14). The summed E-state index contributed by atoms with van der Waals surface area (Å²) < 4.78 is 1.88. The lowest BCUT2D eigenvalue weighted by Crippen LogP contribution is -1.98. The molecule has 0 aromatic carbocycles. The van der Waals surface area contributed by atoms with Gasteiger partial charge in [-0.25, -0.2) is 0 Å². The van der Waals surface area contributed by atoms with Gasteiger partial charge in [-0.3, -0.25) is 9.48 Å². The molecular formula is C10H14N2O2. The molecule has 0 spiro atoms. The van der Waals surface area contributed by atoms with E-state index in [1.54, 1.807) is 6.20 Å². The lowest BCUT2D eigenvalue weighted by atomic mass is 10.2. The smallest absolute Gasteiger partial charge is 0.307 e. The molecule has 0 bridgehead atoms. The summed E-state index contributed by atoms with van der Waals surface area (Å²) >= 11 is 0. The second-order valence-electron chi connectivity index (χ2n) is 3.82. The molecule has 0 aliphatic heterocycles. The Bertz CT molecular complexity index is 346. The molecule has 14 heavy (non-hydrogen) atoms. The molecule has 1 fully saturated rings. The fourth-order valence-corrected chi connectivity index (χ4v) is 1.76. The minimum Gasteiger partial charge on any atom is -0.481 e. The van der Waals surface area contributed by atoms with Gasteiger partial charge in [0, 0.05) is 18.7 Å². The number of carboxylic acid groups (broad SMARTS) is 1. The van der Waals surface area contributed by atoms with Crippen molar-refractivity contribution in [1.29, 1.82) is 0 Å². The van der Waals surface area contributed by atoms with Crippen LogP contribution in [0.4, 0.5) is 0 Å². The lowest BCUT2D eigenvalue weighted by Gasteiger charge is -1.94. The van der Waals surface area contributed by atoms with Crippen molar-refractivity contribution in [2.75, 3.05) is 0 Å². The molecule has 1 aliphatic carbocycles. The maximum absolute atomic E-state index is 10.7. The Balaban J connectivity index is 2.01. The molecule has 2 rings (SSSR count). The van der Waals surface area contributed by atoms with E-state index in [4.69, 9.17) is 5.11 Å². The molecule has 4 heteroatoms. The molecule has 1 saturated carbocycles. The predicted molar refractivity (Wildman–Crippen MR) is 51.0 cm³/mol. The first-order valence-electron chi connectivity index (χ1n) is 4.97. The summed E-state index contributed by atoms with van der Waals surface area (Å²) in [6, 6.07) is 0. The predicted octanol–water partition coefficient (Wildman–Crippen LogP) is 1.48. The number of rotatable bonds is 4. The van der Waals surface area contributed by atoms with Crippen molar-refractivity contribution in [1.82, 2.24) is 9.78 Å². The number of aromatic nitrogens is 2. The van der Waals surface area contributed by atoms with Gasteiger partial charge >= 0.3 is 5.97 Å². The highest BCUT2D eigenvalue weighted by atomic mass is 16.4. The van der Waals surface area contributed by atoms with Crippen LogP contribution in [0.5, 0.6) is 0 Å². The molecule has 0 amide bonds. The number of nitrogens with zero attached hydrogens (tertiary/aromatic N) is 2. The normalized spacial score (nSPS) is 24.9. The topological polar surface area (TPSA) is 55.1 Å². The molecule has 2 atom stereocenters. The molecule has 0 saturated heterocycles. The van der Waals surface area contributed by atoms with E-state index >= 15 is 0 Å². The quantitative estimate of drug-likeness (QED) is 0.789. The Morgan fingerprint density at radius 2 is 2.57 bits per heavy atom. The van der Waals surface area contributed by atoms with E-state index in [0.29, 0.717) is 0 Å². The first kappa shape index (κ1) is 9.24. The van der Waals surface area contributed by atoms with Gasteiger partial charge in [0.15, 0.2) is 0 Å². The van der Waals surface area contributed by atoms with E-state index in [1.165, 1.54) is 0 Å². The molecular weight excluding hydrogens is 180 g/mol. The summed E-state index contributed by atoms with van der Waals surface area (Å²) in [5.41, 5.74) is 1.07. The Morgan fingerprint density at radius 3 is 3.14 bits per heavy atom. The van der Waals surface area contributed by atoms with Gasteiger partial charge < -0.3 is 5.11 Å². The van der Waals surface area contributed by atoms with Crippen LogP contribution in [0.25, 0.3) is 0 Å². The maximum Gasteiger partial charge on any atom is 0.307 e. The van der Waals surface area contributed by atoms with Crippen LogP contribution in [0.3, 0.4) is 0 Å². The van der Waals surface area contributed by atoms with E-state index in [1.807, 2.05) is 10.9 Å². The number of aliphatic carboxylic acids is 1. The van der Waals surface area contributed by atoms with Crippen molar-refractivity contribution >= 4 is 5.97 Å². The van der Waals surface area contributed by atoms with Crippen molar-refractivity contribution in [2.45, 2.75) is 32.2 Å². The number of hydrogen-bond acceptors (Lipinski definition) is 2. The zero-order valence-electron chi connectivity index (χ0n) is 8.18. The van der Waals surface area contributed by atoms with E-state index < -0.39 is 5.97 Å². The van der Waals surface area contributed by atoms with Crippen molar-refractivity contribution in [2.24, 2.45) is 5.92 Å². The van der Waals surface area contributed by atoms with Gasteiger partial charge in [-0.2, -0.15) is 5.10 Å². The molecule has 1 heterocycles. The summed E-state index contributed by atoms with van der Waals surface area (Å²) in [5, 5.41) is 13.0. The van der Waals surface area contributed by atoms with Gasteiger partial charge in [0.2, 0.25) is 0 Å². The Hall–Kier alpha value is -1.32. The summed E-state index contributed by atoms with van der Waals surface area (Å²) in [7, 11) is 0. The Kier molecular flexibility index (Phi) is 2.27. The summed E-state index contributed by atoms with van der Waals surface area (Å²) in [6.45, 7) is 3.00. The molecule has 76 valence electrons. The molecule has 0 radical (unpaired) electrons. The minimum absolute atomic E-state index is 0.172. The van der Waals surface area contributed by atoms with Gasteiger partial charge in [-0.1, -0.05) is 6.92 Å². The highest BCUT2D eigenvalue weighted by molar-refractivity contribution is 5.75. The van der Waals surface area contributed by atoms with Crippen molar-refractivity contribution in [3.05, 3.63) is 18.0 Å². The highest BCUT2D eigenvalue weighted by Gasteiger charge is 2.44. The largest absolute Gasteiger partial charge is 0.481 e. The number of carbonyl (C=O) groups is 1. The summed E-state index contributed by atoms with van der Waals surface area (Å²) in [4.78, 5) is 10.7. The van der Waals surface area contributed by atoms with Crippen molar-refractivity contribution in [3.63, 3.8) is 0 Å². The van der Waals surface area contributed by atoms with Crippen LogP contribution in [-0.2, 0) is 11.3 Å². The Morgan fingerprint density at radius 1 is 1.79 bits per heavy atom. The molecule has 1 N–H and O–H groups in total. The average molecular weight is 194 g/mol. The maximum atomic E-state index is 10.7. The third-order valence-corrected chi connectivity index (χ3v) is 2.64. The van der Waals surface area contributed by atoms with Crippen molar-refractivity contribution in [3.8, 4) is 0 Å². The van der Waals surface area contributed by atoms with Crippen LogP contribution in [0.1, 0.15) is 31.2 Å². The average Bonchev–Trinajstić information content (AvgIpc) is 2.82. The highest BCUT2D eigenvalue weighted by Crippen LogP contribution is 2.47. The molecule has 1 aliphatic rings. The van der Waals surface area contributed by atoms with Gasteiger partial charge in [0.1, 0.15) is 0 Å². The zero-order chi connectivity index (χ0) is 10.1. The number of aryl methyl sites for hydroxylation is 1. The van der Waals surface area contributed by atoms with E-state index in [2.05, 4.69) is 12.0 Å². The van der Waals surface area contributed by atoms with Crippen LogP contribution in [0, 0.1) is 5.92 Å². The third kappa shape index (κ3) is 1.64. The first-order chi connectivity index (χ1) is 6.72. The molecule has 1 aromatic heterocycles. The lowest BCUT2D eigenvalue weighted by molar-refractivity contribution is -0.138. The third-order valence-electron chi connectivity index (χ3n) is 2.64. The van der Waals surface area contributed by atoms with Crippen LogP contribution < -0.4 is 0 Å². The minimum atomic E-state index is -0.682. The van der Waals surface area contributed by atoms with Crippen molar-refractivity contribution < 1.29 is 9.90 Å². The number of hydrogen-bond donors (Lipinski definition) is 1. The van der Waals surface area contributed by atoms with E-state index in [9.17, 15) is 4.79 Å². The molecule has 2 unspecified atom stereocenters. The summed E-state index contributed by atoms with van der Waals surface area (Å²) in [6.07, 6.45) is 5.58. The van der Waals surface area contributed by atoms with Crippen LogP contribution in [-0.4, -0.2) is 20.9 Å². The fourth-order valence-electron chi connectivity index (χ4n) is 1.76. The number of carboxylic acids is 1. The van der Waals surface area contributed by atoms with Gasteiger partial charge in [-0.15, -0.1) is 0 Å². The van der Waals surface area contributed by atoms with Gasteiger partial charge in [0.25, 0.3) is 0 Å². The van der Waals surface area contributed by atoms with Crippen LogP contribution >= 0.6 is 0 Å². The summed E-state index contributed by atoms with van der Waals surface area (Å²) in [5.74, 6) is -0.648. The molecule has 1 aromatic rings. The second kappa shape index (κ2) is 3.44. The van der Waals surface area contributed by atoms with E-state index in [0.717, 1.165) is 24.9 Å². The van der Waals surface area contributed by atoms with Gasteiger partial charge in [-0.05, 0) is 18.4 Å². The molecule has 4 nitrogen and oxygen atoms in total. The zero-order valence-corrected chi connectivity index (χ0v) is 8.18. The van der Waals surface area contributed by atoms with Gasteiger partial charge in [0.05, 0.1) is 12.1 Å². The van der Waals surface area contributed by atoms with E-state index in [-0.39, 0.29) is 11.8 Å². The first-order valence-corrected chi connectivity index (χ1v) is 4.97.